The molecule has 0 bridgehead atoms. The molecule has 1 amide bonds. The third-order valence-electron chi connectivity index (χ3n) is 4.91. The Kier molecular flexibility index (Phi) is 6.37. The molecule has 28 heavy (non-hydrogen) atoms. The Balaban J connectivity index is 1.62. The van der Waals surface area contributed by atoms with Crippen molar-refractivity contribution in [3.05, 3.63) is 74.8 Å². The number of hydrogen-bond acceptors (Lipinski definition) is 3. The summed E-state index contributed by atoms with van der Waals surface area (Å²) in [6, 6.07) is 12.3. The van der Waals surface area contributed by atoms with Gasteiger partial charge in [-0.15, -0.1) is 0 Å². The van der Waals surface area contributed by atoms with E-state index >= 15 is 0 Å². The molecule has 2 aromatic carbocycles. The number of hydrogen-bond donors (Lipinski definition) is 0. The van der Waals surface area contributed by atoms with Crippen LogP contribution >= 0.6 is 23.2 Å². The molecular formula is C21H21Cl2N3O2. The fourth-order valence-corrected chi connectivity index (χ4v) is 3.67. The van der Waals surface area contributed by atoms with Crippen LogP contribution in [-0.4, -0.2) is 27.4 Å². The Morgan fingerprint density at radius 2 is 1.96 bits per heavy atom. The minimum Gasteiger partial charge on any atom is -0.339 e. The van der Waals surface area contributed by atoms with Crippen molar-refractivity contribution in [3.8, 4) is 0 Å². The second-order valence-electron chi connectivity index (χ2n) is 6.71. The van der Waals surface area contributed by atoms with Crippen molar-refractivity contribution in [2.45, 2.75) is 32.4 Å². The van der Waals surface area contributed by atoms with E-state index < -0.39 is 0 Å². The zero-order valence-corrected chi connectivity index (χ0v) is 17.2. The summed E-state index contributed by atoms with van der Waals surface area (Å²) in [6.45, 7) is 2.36. The first-order valence-electron chi connectivity index (χ1n) is 9.03. The number of aryl methyl sites for hydroxylation is 1. The van der Waals surface area contributed by atoms with Crippen molar-refractivity contribution < 1.29 is 4.79 Å². The van der Waals surface area contributed by atoms with Crippen molar-refractivity contribution in [2.24, 2.45) is 0 Å². The van der Waals surface area contributed by atoms with E-state index in [0.717, 1.165) is 5.56 Å². The lowest BCUT2D eigenvalue weighted by atomic mass is 10.1. The molecular weight excluding hydrogens is 397 g/mol. The number of benzene rings is 2. The highest BCUT2D eigenvalue weighted by molar-refractivity contribution is 6.35. The van der Waals surface area contributed by atoms with Gasteiger partial charge in [-0.1, -0.05) is 41.4 Å². The third kappa shape index (κ3) is 4.37. The van der Waals surface area contributed by atoms with Crippen molar-refractivity contribution in [3.63, 3.8) is 0 Å². The summed E-state index contributed by atoms with van der Waals surface area (Å²) < 4.78 is 1.55. The fraction of sp³-hybridized carbons (Fsp3) is 0.286. The standard InChI is InChI=1S/C21H21Cl2N3O2/c1-14(16-10-9-15(22)12-18(16)23)25(2)20(27)8-5-11-26-13-24-19-7-4-3-6-17(19)21(26)28/h3-4,6-7,9-10,12-14H,5,8,11H2,1-2H3/t14-/m1/s1. The number of carbonyl (C=O) groups is 1. The van der Waals surface area contributed by atoms with Crippen LogP contribution in [0.3, 0.4) is 0 Å². The highest BCUT2D eigenvalue weighted by Crippen LogP contribution is 2.29. The SMILES string of the molecule is C[C@H](c1ccc(Cl)cc1Cl)N(C)C(=O)CCCn1cnc2ccccc2c1=O. The molecule has 146 valence electrons. The zero-order chi connectivity index (χ0) is 20.3. The lowest BCUT2D eigenvalue weighted by molar-refractivity contribution is -0.131. The van der Waals surface area contributed by atoms with Crippen LogP contribution in [0.15, 0.2) is 53.6 Å². The minimum absolute atomic E-state index is 0.0136. The summed E-state index contributed by atoms with van der Waals surface area (Å²) in [6.07, 6.45) is 2.41. The summed E-state index contributed by atoms with van der Waals surface area (Å²) in [5.74, 6) is -0.0136. The molecule has 0 aliphatic heterocycles. The number of carbonyl (C=O) groups excluding carboxylic acids is 1. The van der Waals surface area contributed by atoms with Gasteiger partial charge >= 0.3 is 0 Å². The normalized spacial score (nSPS) is 12.1. The van der Waals surface area contributed by atoms with Crippen LogP contribution in [0.2, 0.25) is 10.0 Å². The summed E-state index contributed by atoms with van der Waals surface area (Å²) in [7, 11) is 1.75. The van der Waals surface area contributed by atoms with Crippen molar-refractivity contribution in [2.75, 3.05) is 7.05 Å². The van der Waals surface area contributed by atoms with E-state index in [-0.39, 0.29) is 17.5 Å². The molecule has 0 spiro atoms. The maximum atomic E-state index is 12.6. The van der Waals surface area contributed by atoms with Gasteiger partial charge in [-0.25, -0.2) is 4.98 Å². The Labute approximate surface area is 173 Å². The molecule has 1 aromatic heterocycles. The van der Waals surface area contributed by atoms with E-state index in [4.69, 9.17) is 23.2 Å². The Hall–Kier alpha value is -2.37. The zero-order valence-electron chi connectivity index (χ0n) is 15.7. The topological polar surface area (TPSA) is 55.2 Å². The van der Waals surface area contributed by atoms with Gasteiger partial charge in [0, 0.05) is 30.1 Å². The molecule has 5 nitrogen and oxygen atoms in total. The van der Waals surface area contributed by atoms with Gasteiger partial charge in [0.1, 0.15) is 0 Å². The summed E-state index contributed by atoms with van der Waals surface area (Å²) in [5.41, 5.74) is 1.43. The van der Waals surface area contributed by atoms with Crippen LogP contribution in [0.25, 0.3) is 10.9 Å². The maximum absolute atomic E-state index is 12.6. The number of nitrogens with zero attached hydrogens (tertiary/aromatic N) is 3. The first-order chi connectivity index (χ1) is 13.4. The summed E-state index contributed by atoms with van der Waals surface area (Å²) >= 11 is 12.2. The summed E-state index contributed by atoms with van der Waals surface area (Å²) in [5, 5.41) is 1.68. The van der Waals surface area contributed by atoms with Crippen molar-refractivity contribution in [1.29, 1.82) is 0 Å². The molecule has 0 saturated heterocycles. The van der Waals surface area contributed by atoms with Gasteiger partial charge in [0.15, 0.2) is 0 Å². The fourth-order valence-electron chi connectivity index (χ4n) is 3.11. The Morgan fingerprint density at radius 1 is 1.21 bits per heavy atom. The van der Waals surface area contributed by atoms with Gasteiger partial charge in [0.25, 0.3) is 5.56 Å². The molecule has 7 heteroatoms. The van der Waals surface area contributed by atoms with Crippen LogP contribution in [-0.2, 0) is 11.3 Å². The van der Waals surface area contributed by atoms with Gasteiger partial charge in [0.05, 0.1) is 23.3 Å². The Morgan fingerprint density at radius 3 is 2.71 bits per heavy atom. The molecule has 0 aliphatic rings. The van der Waals surface area contributed by atoms with E-state index in [1.54, 1.807) is 34.7 Å². The molecule has 3 rings (SSSR count). The van der Waals surface area contributed by atoms with E-state index in [9.17, 15) is 9.59 Å². The van der Waals surface area contributed by atoms with Crippen LogP contribution in [0.5, 0.6) is 0 Å². The summed E-state index contributed by atoms with van der Waals surface area (Å²) in [4.78, 5) is 31.0. The second kappa shape index (κ2) is 8.76. The number of amides is 1. The molecule has 1 atom stereocenters. The molecule has 0 unspecified atom stereocenters. The number of rotatable bonds is 6. The Bertz CT molecular complexity index is 1060. The second-order valence-corrected chi connectivity index (χ2v) is 7.55. The predicted octanol–water partition coefficient (Wildman–Crippen LogP) is 4.70. The van der Waals surface area contributed by atoms with Crippen LogP contribution in [0.1, 0.15) is 31.4 Å². The van der Waals surface area contributed by atoms with Crippen LogP contribution < -0.4 is 5.56 Å². The van der Waals surface area contributed by atoms with Gasteiger partial charge in [-0.2, -0.15) is 0 Å². The van der Waals surface area contributed by atoms with Crippen LogP contribution in [0, 0.1) is 0 Å². The highest BCUT2D eigenvalue weighted by atomic mass is 35.5. The average Bonchev–Trinajstić information content (AvgIpc) is 2.68. The minimum atomic E-state index is -0.178. The van der Waals surface area contributed by atoms with Gasteiger partial charge < -0.3 is 4.90 Å². The number of para-hydroxylation sites is 1. The number of aromatic nitrogens is 2. The molecule has 0 aliphatic carbocycles. The van der Waals surface area contributed by atoms with Crippen molar-refractivity contribution in [1.82, 2.24) is 14.5 Å². The molecule has 0 N–H and O–H groups in total. The molecule has 0 fully saturated rings. The number of halogens is 2. The van der Waals surface area contributed by atoms with E-state index in [0.29, 0.717) is 40.3 Å². The first kappa shape index (κ1) is 20.4. The first-order valence-corrected chi connectivity index (χ1v) is 9.79. The molecule has 1 heterocycles. The largest absolute Gasteiger partial charge is 0.339 e. The third-order valence-corrected chi connectivity index (χ3v) is 5.47. The smallest absolute Gasteiger partial charge is 0.261 e. The van der Waals surface area contributed by atoms with Gasteiger partial charge in [0.2, 0.25) is 5.91 Å². The van der Waals surface area contributed by atoms with E-state index in [1.807, 2.05) is 31.2 Å². The monoisotopic (exact) mass is 417 g/mol. The van der Waals surface area contributed by atoms with E-state index in [2.05, 4.69) is 4.98 Å². The predicted molar refractivity (Wildman–Crippen MR) is 113 cm³/mol. The molecule has 3 aromatic rings. The molecule has 0 radical (unpaired) electrons. The van der Waals surface area contributed by atoms with Crippen molar-refractivity contribution >= 4 is 40.0 Å². The lowest BCUT2D eigenvalue weighted by Crippen LogP contribution is -2.30. The molecule has 0 saturated carbocycles. The lowest BCUT2D eigenvalue weighted by Gasteiger charge is -2.26. The van der Waals surface area contributed by atoms with E-state index in [1.165, 1.54) is 6.33 Å². The number of fused-ring (bicyclic) bond motifs is 1. The van der Waals surface area contributed by atoms with Crippen LogP contribution in [0.4, 0.5) is 0 Å². The van der Waals surface area contributed by atoms with Gasteiger partial charge in [-0.05, 0) is 43.2 Å². The average molecular weight is 418 g/mol. The quantitative estimate of drug-likeness (QED) is 0.583. The van der Waals surface area contributed by atoms with Gasteiger partial charge in [-0.3, -0.25) is 14.2 Å². The highest BCUT2D eigenvalue weighted by Gasteiger charge is 2.19. The maximum Gasteiger partial charge on any atom is 0.261 e.